The fraction of sp³-hybridized carbons (Fsp3) is 0.625. The van der Waals surface area contributed by atoms with Crippen molar-refractivity contribution in [2.45, 2.75) is 38.3 Å². The Balaban J connectivity index is 1.51. The molecule has 0 bridgehead atoms. The zero-order chi connectivity index (χ0) is 13.9. The van der Waals surface area contributed by atoms with Gasteiger partial charge in [-0.1, -0.05) is 29.3 Å². The van der Waals surface area contributed by atoms with Crippen LogP contribution < -0.4 is 5.32 Å². The maximum Gasteiger partial charge on any atom is 0.0595 e. The molecule has 4 heteroatoms. The molecule has 0 spiro atoms. The Kier molecular flexibility index (Phi) is 4.87. The van der Waals surface area contributed by atoms with Gasteiger partial charge in [-0.05, 0) is 68.9 Å². The second kappa shape index (κ2) is 6.65. The SMILES string of the molecule is Clc1ccc(CN2CCC(C3CCCN3)CC2)cc1Cl. The number of likely N-dealkylation sites (tertiary alicyclic amines) is 1. The standard InChI is InChI=1S/C16H22Cl2N2/c17-14-4-3-12(10-15(14)18)11-20-8-5-13(6-9-20)16-2-1-7-19-16/h3-4,10,13,16,19H,1-2,5-9,11H2. The quantitative estimate of drug-likeness (QED) is 0.909. The van der Waals surface area contributed by atoms with Crippen LogP contribution in [0, 0.1) is 5.92 Å². The zero-order valence-electron chi connectivity index (χ0n) is 11.7. The second-order valence-electron chi connectivity index (χ2n) is 6.06. The molecule has 2 fully saturated rings. The van der Waals surface area contributed by atoms with E-state index in [1.807, 2.05) is 12.1 Å². The molecule has 3 rings (SSSR count). The van der Waals surface area contributed by atoms with Gasteiger partial charge in [0, 0.05) is 12.6 Å². The van der Waals surface area contributed by atoms with E-state index >= 15 is 0 Å². The lowest BCUT2D eigenvalue weighted by Crippen LogP contribution is -2.40. The first-order valence-corrected chi connectivity index (χ1v) is 8.37. The largest absolute Gasteiger partial charge is 0.314 e. The molecule has 0 aliphatic carbocycles. The summed E-state index contributed by atoms with van der Waals surface area (Å²) in [6.45, 7) is 4.60. The van der Waals surface area contributed by atoms with Gasteiger partial charge < -0.3 is 5.32 Å². The molecule has 1 aromatic rings. The van der Waals surface area contributed by atoms with Crippen molar-refractivity contribution in [1.82, 2.24) is 10.2 Å². The lowest BCUT2D eigenvalue weighted by Gasteiger charge is -2.35. The monoisotopic (exact) mass is 312 g/mol. The second-order valence-corrected chi connectivity index (χ2v) is 6.88. The molecule has 2 nitrogen and oxygen atoms in total. The van der Waals surface area contributed by atoms with E-state index in [4.69, 9.17) is 23.2 Å². The summed E-state index contributed by atoms with van der Waals surface area (Å²) < 4.78 is 0. The van der Waals surface area contributed by atoms with Gasteiger partial charge in [0.1, 0.15) is 0 Å². The third-order valence-electron chi connectivity index (χ3n) is 4.69. The summed E-state index contributed by atoms with van der Waals surface area (Å²) in [4.78, 5) is 2.53. The predicted molar refractivity (Wildman–Crippen MR) is 85.5 cm³/mol. The first kappa shape index (κ1) is 14.6. The van der Waals surface area contributed by atoms with E-state index in [-0.39, 0.29) is 0 Å². The van der Waals surface area contributed by atoms with Crippen LogP contribution in [-0.2, 0) is 6.54 Å². The molecule has 1 N–H and O–H groups in total. The fourth-order valence-corrected chi connectivity index (χ4v) is 3.84. The van der Waals surface area contributed by atoms with Crippen LogP contribution in [0.3, 0.4) is 0 Å². The smallest absolute Gasteiger partial charge is 0.0595 e. The molecular weight excluding hydrogens is 291 g/mol. The topological polar surface area (TPSA) is 15.3 Å². The normalized spacial score (nSPS) is 25.2. The number of hydrogen-bond acceptors (Lipinski definition) is 2. The Hall–Kier alpha value is -0.280. The highest BCUT2D eigenvalue weighted by molar-refractivity contribution is 6.42. The Morgan fingerprint density at radius 1 is 1.10 bits per heavy atom. The molecule has 2 aliphatic heterocycles. The van der Waals surface area contributed by atoms with Crippen molar-refractivity contribution in [2.24, 2.45) is 5.92 Å². The van der Waals surface area contributed by atoms with Gasteiger partial charge in [-0.25, -0.2) is 0 Å². The van der Waals surface area contributed by atoms with Crippen LogP contribution in [0.1, 0.15) is 31.2 Å². The molecule has 20 heavy (non-hydrogen) atoms. The number of halogens is 2. The number of nitrogens with zero attached hydrogens (tertiary/aromatic N) is 1. The highest BCUT2D eigenvalue weighted by atomic mass is 35.5. The molecule has 0 aromatic heterocycles. The summed E-state index contributed by atoms with van der Waals surface area (Å²) in [7, 11) is 0. The highest BCUT2D eigenvalue weighted by Gasteiger charge is 2.28. The molecule has 1 unspecified atom stereocenters. The first-order valence-electron chi connectivity index (χ1n) is 7.62. The number of nitrogens with one attached hydrogen (secondary N) is 1. The van der Waals surface area contributed by atoms with Crippen molar-refractivity contribution in [1.29, 1.82) is 0 Å². The number of piperidine rings is 1. The molecule has 2 saturated heterocycles. The van der Waals surface area contributed by atoms with Gasteiger partial charge in [-0.15, -0.1) is 0 Å². The van der Waals surface area contributed by atoms with E-state index in [0.717, 1.165) is 18.5 Å². The van der Waals surface area contributed by atoms with Gasteiger partial charge >= 0.3 is 0 Å². The third-order valence-corrected chi connectivity index (χ3v) is 5.43. The van der Waals surface area contributed by atoms with Crippen molar-refractivity contribution >= 4 is 23.2 Å². The summed E-state index contributed by atoms with van der Waals surface area (Å²) in [6.07, 6.45) is 5.36. The maximum absolute atomic E-state index is 6.08. The number of rotatable bonds is 3. The summed E-state index contributed by atoms with van der Waals surface area (Å²) in [5.74, 6) is 0.877. The van der Waals surface area contributed by atoms with Crippen molar-refractivity contribution in [3.8, 4) is 0 Å². The van der Waals surface area contributed by atoms with Crippen molar-refractivity contribution in [3.63, 3.8) is 0 Å². The van der Waals surface area contributed by atoms with Crippen LogP contribution >= 0.6 is 23.2 Å². The average Bonchev–Trinajstić information content (AvgIpc) is 2.98. The van der Waals surface area contributed by atoms with E-state index in [0.29, 0.717) is 10.0 Å². The van der Waals surface area contributed by atoms with Crippen molar-refractivity contribution in [2.75, 3.05) is 19.6 Å². The van der Waals surface area contributed by atoms with Crippen molar-refractivity contribution < 1.29 is 0 Å². The molecule has 1 atom stereocenters. The van der Waals surface area contributed by atoms with Gasteiger partial charge in [-0.2, -0.15) is 0 Å². The Bertz CT molecular complexity index is 450. The van der Waals surface area contributed by atoms with E-state index in [1.54, 1.807) is 0 Å². The molecule has 110 valence electrons. The molecule has 1 aromatic carbocycles. The van der Waals surface area contributed by atoms with Gasteiger partial charge in [0.15, 0.2) is 0 Å². The van der Waals surface area contributed by atoms with Gasteiger partial charge in [0.25, 0.3) is 0 Å². The number of benzene rings is 1. The molecule has 0 saturated carbocycles. The molecule has 2 aliphatic rings. The lowest BCUT2D eigenvalue weighted by molar-refractivity contribution is 0.157. The zero-order valence-corrected chi connectivity index (χ0v) is 13.3. The summed E-state index contributed by atoms with van der Waals surface area (Å²) in [5, 5.41) is 4.96. The predicted octanol–water partition coefficient (Wildman–Crippen LogP) is 3.96. The number of hydrogen-bond donors (Lipinski definition) is 1. The minimum atomic E-state index is 0.640. The van der Waals surface area contributed by atoms with E-state index in [2.05, 4.69) is 16.3 Å². The Labute approximate surface area is 131 Å². The fourth-order valence-electron chi connectivity index (χ4n) is 3.52. The minimum Gasteiger partial charge on any atom is -0.314 e. The van der Waals surface area contributed by atoms with Gasteiger partial charge in [-0.3, -0.25) is 4.90 Å². The Morgan fingerprint density at radius 2 is 1.90 bits per heavy atom. The Morgan fingerprint density at radius 3 is 2.55 bits per heavy atom. The van der Waals surface area contributed by atoms with Gasteiger partial charge in [0.05, 0.1) is 10.0 Å². The summed E-state index contributed by atoms with van der Waals surface area (Å²) in [5.41, 5.74) is 1.26. The molecular formula is C16H22Cl2N2. The van der Waals surface area contributed by atoms with E-state index < -0.39 is 0 Å². The highest BCUT2D eigenvalue weighted by Crippen LogP contribution is 2.27. The van der Waals surface area contributed by atoms with Crippen LogP contribution in [0.2, 0.25) is 10.0 Å². The minimum absolute atomic E-state index is 0.640. The molecule has 0 amide bonds. The maximum atomic E-state index is 6.08. The van der Waals surface area contributed by atoms with Crippen LogP contribution in [0.15, 0.2) is 18.2 Å². The summed E-state index contributed by atoms with van der Waals surface area (Å²) in [6, 6.07) is 6.75. The van der Waals surface area contributed by atoms with Crippen molar-refractivity contribution in [3.05, 3.63) is 33.8 Å². The molecule has 2 heterocycles. The van der Waals surface area contributed by atoms with E-state index in [1.165, 1.54) is 50.9 Å². The first-order chi connectivity index (χ1) is 9.72. The van der Waals surface area contributed by atoms with Crippen LogP contribution in [0.25, 0.3) is 0 Å². The van der Waals surface area contributed by atoms with E-state index in [9.17, 15) is 0 Å². The summed E-state index contributed by atoms with van der Waals surface area (Å²) >= 11 is 12.0. The molecule has 0 radical (unpaired) electrons. The van der Waals surface area contributed by atoms with Crippen LogP contribution in [0.4, 0.5) is 0 Å². The third kappa shape index (κ3) is 3.48. The lowest BCUT2D eigenvalue weighted by atomic mass is 9.88. The van der Waals surface area contributed by atoms with Crippen LogP contribution in [-0.4, -0.2) is 30.6 Å². The van der Waals surface area contributed by atoms with Crippen LogP contribution in [0.5, 0.6) is 0 Å². The van der Waals surface area contributed by atoms with Gasteiger partial charge in [0.2, 0.25) is 0 Å². The average molecular weight is 313 g/mol.